The molecule has 0 bridgehead atoms. The largest absolute Gasteiger partial charge is 0.458 e. The van der Waals surface area contributed by atoms with Crippen LogP contribution in [0, 0.1) is 0 Å². The zero-order valence-corrected chi connectivity index (χ0v) is 20.6. The number of carbonyl (C=O) groups is 2. The molecule has 0 aliphatic rings. The first kappa shape index (κ1) is 25.3. The summed E-state index contributed by atoms with van der Waals surface area (Å²) in [6.07, 6.45) is 3.52. The van der Waals surface area contributed by atoms with Crippen LogP contribution in [0.15, 0.2) is 107 Å². The van der Waals surface area contributed by atoms with Crippen LogP contribution in [0.2, 0.25) is 0 Å². The quantitative estimate of drug-likeness (QED) is 0.136. The zero-order valence-electron chi connectivity index (χ0n) is 20.6. The van der Waals surface area contributed by atoms with Crippen molar-refractivity contribution in [3.63, 3.8) is 0 Å². The number of ketones is 2. The fraction of sp³-hybridized carbons (Fsp3) is 0.0968. The first-order valence-electron chi connectivity index (χ1n) is 11.7. The lowest BCUT2D eigenvalue weighted by atomic mass is 10.1. The predicted molar refractivity (Wildman–Crippen MR) is 146 cm³/mol. The standard InChI is InChI=1S/C31H26N2O4/c1-22(34)26-7-11-28(12-8-26)32-19-24-3-15-30(16-4-24)36-21-37-31-17-5-25(6-18-31)20-33-29-13-9-27(10-14-29)23(2)35/h3-20H,21H2,1-2H3. The summed E-state index contributed by atoms with van der Waals surface area (Å²) < 4.78 is 11.4. The lowest BCUT2D eigenvalue weighted by Crippen LogP contribution is -2.05. The molecule has 4 aromatic rings. The average Bonchev–Trinajstić information content (AvgIpc) is 2.92. The van der Waals surface area contributed by atoms with Crippen molar-refractivity contribution in [2.75, 3.05) is 6.79 Å². The number of benzene rings is 4. The first-order chi connectivity index (χ1) is 18.0. The molecule has 0 unspecified atom stereocenters. The molecule has 4 rings (SSSR count). The lowest BCUT2D eigenvalue weighted by Gasteiger charge is -2.09. The summed E-state index contributed by atoms with van der Waals surface area (Å²) in [6, 6.07) is 29.4. The van der Waals surface area contributed by atoms with Crippen molar-refractivity contribution in [3.8, 4) is 11.5 Å². The Kier molecular flexibility index (Phi) is 8.34. The third kappa shape index (κ3) is 7.57. The fourth-order valence-corrected chi connectivity index (χ4v) is 3.33. The van der Waals surface area contributed by atoms with Gasteiger partial charge in [-0.15, -0.1) is 0 Å². The van der Waals surface area contributed by atoms with Crippen LogP contribution in [-0.4, -0.2) is 30.8 Å². The van der Waals surface area contributed by atoms with Gasteiger partial charge in [0.1, 0.15) is 11.5 Å². The van der Waals surface area contributed by atoms with Gasteiger partial charge in [-0.3, -0.25) is 19.6 Å². The summed E-state index contributed by atoms with van der Waals surface area (Å²) in [5.74, 6) is 1.43. The Hall–Kier alpha value is -4.84. The number of aliphatic imine (C=N–C) groups is 2. The van der Waals surface area contributed by atoms with E-state index in [1.54, 1.807) is 50.5 Å². The summed E-state index contributed by atoms with van der Waals surface area (Å²) >= 11 is 0. The Bertz CT molecular complexity index is 1290. The van der Waals surface area contributed by atoms with Crippen molar-refractivity contribution in [1.82, 2.24) is 0 Å². The van der Waals surface area contributed by atoms with Crippen LogP contribution in [0.5, 0.6) is 11.5 Å². The average molecular weight is 491 g/mol. The predicted octanol–water partition coefficient (Wildman–Crippen LogP) is 7.01. The monoisotopic (exact) mass is 490 g/mol. The van der Waals surface area contributed by atoms with Gasteiger partial charge in [-0.05, 0) is 122 Å². The molecule has 0 heterocycles. The molecule has 0 N–H and O–H groups in total. The number of carbonyl (C=O) groups excluding carboxylic acids is 2. The third-order valence-corrected chi connectivity index (χ3v) is 5.48. The molecule has 6 nitrogen and oxygen atoms in total. The van der Waals surface area contributed by atoms with E-state index in [0.29, 0.717) is 22.6 Å². The van der Waals surface area contributed by atoms with Gasteiger partial charge in [0.15, 0.2) is 11.6 Å². The Morgan fingerprint density at radius 2 is 0.919 bits per heavy atom. The molecular weight excluding hydrogens is 464 g/mol. The van der Waals surface area contributed by atoms with Crippen LogP contribution in [0.1, 0.15) is 45.7 Å². The van der Waals surface area contributed by atoms with Gasteiger partial charge in [-0.1, -0.05) is 0 Å². The Labute approximate surface area is 215 Å². The molecule has 0 atom stereocenters. The molecule has 0 amide bonds. The van der Waals surface area contributed by atoms with Crippen molar-refractivity contribution < 1.29 is 19.1 Å². The summed E-state index contributed by atoms with van der Waals surface area (Å²) in [4.78, 5) is 31.6. The van der Waals surface area contributed by atoms with Gasteiger partial charge in [-0.2, -0.15) is 0 Å². The molecule has 0 aromatic heterocycles. The highest BCUT2D eigenvalue weighted by Gasteiger charge is 2.00. The molecule has 4 aromatic carbocycles. The van der Waals surface area contributed by atoms with E-state index >= 15 is 0 Å². The van der Waals surface area contributed by atoms with Gasteiger partial charge in [-0.25, -0.2) is 0 Å². The topological polar surface area (TPSA) is 77.3 Å². The van der Waals surface area contributed by atoms with Gasteiger partial charge >= 0.3 is 0 Å². The van der Waals surface area contributed by atoms with E-state index < -0.39 is 0 Å². The van der Waals surface area contributed by atoms with Crippen LogP contribution in [0.25, 0.3) is 0 Å². The van der Waals surface area contributed by atoms with Crippen LogP contribution < -0.4 is 9.47 Å². The number of ether oxygens (including phenoxy) is 2. The maximum atomic E-state index is 11.4. The molecule has 0 fully saturated rings. The summed E-state index contributed by atoms with van der Waals surface area (Å²) in [5.41, 5.74) is 4.74. The van der Waals surface area contributed by atoms with Crippen LogP contribution in [0.4, 0.5) is 11.4 Å². The van der Waals surface area contributed by atoms with E-state index in [-0.39, 0.29) is 18.4 Å². The SMILES string of the molecule is CC(=O)c1ccc(N=Cc2ccc(OCOc3ccc(C=Nc4ccc(C(C)=O)cc4)cc3)cc2)cc1. The second-order valence-corrected chi connectivity index (χ2v) is 8.27. The van der Waals surface area contributed by atoms with E-state index in [0.717, 1.165) is 22.5 Å². The summed E-state index contributed by atoms with van der Waals surface area (Å²) in [7, 11) is 0. The van der Waals surface area contributed by atoms with Gasteiger partial charge < -0.3 is 9.47 Å². The first-order valence-corrected chi connectivity index (χ1v) is 11.7. The second-order valence-electron chi connectivity index (χ2n) is 8.27. The highest BCUT2D eigenvalue weighted by molar-refractivity contribution is 5.95. The fourth-order valence-electron chi connectivity index (χ4n) is 3.33. The van der Waals surface area contributed by atoms with Crippen LogP contribution in [0.3, 0.4) is 0 Å². The molecule has 6 heteroatoms. The molecule has 0 saturated heterocycles. The minimum Gasteiger partial charge on any atom is -0.458 e. The number of hydrogen-bond acceptors (Lipinski definition) is 6. The van der Waals surface area contributed by atoms with Crippen molar-refractivity contribution in [2.45, 2.75) is 13.8 Å². The summed E-state index contributed by atoms with van der Waals surface area (Å²) in [5, 5.41) is 0. The van der Waals surface area contributed by atoms with E-state index in [1.807, 2.05) is 72.8 Å². The number of hydrogen-bond donors (Lipinski definition) is 0. The van der Waals surface area contributed by atoms with Gasteiger partial charge in [0.25, 0.3) is 0 Å². The van der Waals surface area contributed by atoms with Crippen molar-refractivity contribution in [3.05, 3.63) is 119 Å². The minimum absolute atomic E-state index is 0.0342. The smallest absolute Gasteiger partial charge is 0.230 e. The van der Waals surface area contributed by atoms with E-state index in [9.17, 15) is 9.59 Å². The highest BCUT2D eigenvalue weighted by Crippen LogP contribution is 2.17. The molecule has 0 radical (unpaired) electrons. The zero-order chi connectivity index (χ0) is 26.0. The van der Waals surface area contributed by atoms with E-state index in [2.05, 4.69) is 9.98 Å². The van der Waals surface area contributed by atoms with E-state index in [1.165, 1.54) is 0 Å². The van der Waals surface area contributed by atoms with Gasteiger partial charge in [0.2, 0.25) is 6.79 Å². The van der Waals surface area contributed by atoms with Crippen molar-refractivity contribution in [2.24, 2.45) is 9.98 Å². The molecule has 0 aliphatic carbocycles. The lowest BCUT2D eigenvalue weighted by molar-refractivity contribution is 0.100. The molecule has 0 spiro atoms. The maximum absolute atomic E-state index is 11.4. The Morgan fingerprint density at radius 1 is 0.568 bits per heavy atom. The van der Waals surface area contributed by atoms with Crippen LogP contribution >= 0.6 is 0 Å². The number of rotatable bonds is 10. The number of Topliss-reactive ketones (excluding diaryl/α,β-unsaturated/α-hetero) is 2. The van der Waals surface area contributed by atoms with Crippen LogP contribution in [-0.2, 0) is 0 Å². The normalized spacial score (nSPS) is 11.1. The molecule has 37 heavy (non-hydrogen) atoms. The molecular formula is C31H26N2O4. The minimum atomic E-state index is 0.0342. The van der Waals surface area contributed by atoms with E-state index in [4.69, 9.17) is 9.47 Å². The maximum Gasteiger partial charge on any atom is 0.230 e. The third-order valence-electron chi connectivity index (χ3n) is 5.48. The summed E-state index contributed by atoms with van der Waals surface area (Å²) in [6.45, 7) is 3.16. The van der Waals surface area contributed by atoms with Crippen molar-refractivity contribution >= 4 is 35.4 Å². The van der Waals surface area contributed by atoms with Gasteiger partial charge in [0, 0.05) is 23.6 Å². The second kappa shape index (κ2) is 12.2. The number of nitrogens with zero attached hydrogens (tertiary/aromatic N) is 2. The highest BCUT2D eigenvalue weighted by atomic mass is 16.7. The Balaban J connectivity index is 1.23. The molecule has 184 valence electrons. The molecule has 0 saturated carbocycles. The van der Waals surface area contributed by atoms with Gasteiger partial charge in [0.05, 0.1) is 11.4 Å². The Morgan fingerprint density at radius 3 is 1.24 bits per heavy atom. The molecule has 0 aliphatic heterocycles. The van der Waals surface area contributed by atoms with Crippen molar-refractivity contribution in [1.29, 1.82) is 0 Å².